The first-order valence-corrected chi connectivity index (χ1v) is 11.5. The first-order valence-electron chi connectivity index (χ1n) is 11.1. The average molecular weight is 462 g/mol. The van der Waals surface area contributed by atoms with Crippen LogP contribution in [0.1, 0.15) is 30.4 Å². The van der Waals surface area contributed by atoms with Crippen molar-refractivity contribution in [3.8, 4) is 0 Å². The SMILES string of the molecule is Cc1ccc(N2C(=O)CC(N3CCNC3=C3CCC(=Cc4ccc(Cl)cc4)C3=O)C2=O)cc1. The third-order valence-electron chi connectivity index (χ3n) is 6.43. The summed E-state index contributed by atoms with van der Waals surface area (Å²) in [6.45, 7) is 3.17. The molecule has 1 saturated carbocycles. The van der Waals surface area contributed by atoms with E-state index >= 15 is 0 Å². The highest BCUT2D eigenvalue weighted by Crippen LogP contribution is 2.34. The number of ketones is 1. The predicted octanol–water partition coefficient (Wildman–Crippen LogP) is 3.84. The second-order valence-electron chi connectivity index (χ2n) is 8.62. The molecule has 1 aliphatic carbocycles. The Morgan fingerprint density at radius 1 is 1.00 bits per heavy atom. The molecule has 168 valence electrons. The number of aryl methyl sites for hydroxylation is 1. The normalized spacial score (nSPS) is 24.4. The third-order valence-corrected chi connectivity index (χ3v) is 6.68. The van der Waals surface area contributed by atoms with Gasteiger partial charge in [0.05, 0.1) is 12.1 Å². The number of imide groups is 1. The number of hydrogen-bond donors (Lipinski definition) is 1. The summed E-state index contributed by atoms with van der Waals surface area (Å²) in [7, 11) is 0. The number of Topliss-reactive ketones (excluding diaryl/α,β-unsaturated/α-hetero) is 1. The monoisotopic (exact) mass is 461 g/mol. The fraction of sp³-hybridized carbons (Fsp3) is 0.269. The van der Waals surface area contributed by atoms with Gasteiger partial charge in [-0.1, -0.05) is 41.4 Å². The summed E-state index contributed by atoms with van der Waals surface area (Å²) in [6, 6.07) is 14.1. The Labute approximate surface area is 197 Å². The first-order chi connectivity index (χ1) is 15.9. The molecule has 33 heavy (non-hydrogen) atoms. The van der Waals surface area contributed by atoms with Gasteiger partial charge in [0.1, 0.15) is 11.9 Å². The minimum absolute atomic E-state index is 0.00786. The highest BCUT2D eigenvalue weighted by molar-refractivity contribution is 6.30. The maximum absolute atomic E-state index is 13.3. The number of amides is 2. The third kappa shape index (κ3) is 3.95. The van der Waals surface area contributed by atoms with Crippen molar-refractivity contribution < 1.29 is 14.4 Å². The number of benzene rings is 2. The van der Waals surface area contributed by atoms with Gasteiger partial charge >= 0.3 is 0 Å². The molecule has 2 heterocycles. The van der Waals surface area contributed by atoms with Gasteiger partial charge in [0, 0.05) is 29.3 Å². The van der Waals surface area contributed by atoms with Gasteiger partial charge in [-0.05, 0) is 55.7 Å². The quantitative estimate of drug-likeness (QED) is 0.555. The molecule has 0 radical (unpaired) electrons. The molecule has 2 aliphatic heterocycles. The van der Waals surface area contributed by atoms with Crippen molar-refractivity contribution in [2.24, 2.45) is 0 Å². The Bertz CT molecular complexity index is 1200. The fourth-order valence-corrected chi connectivity index (χ4v) is 4.85. The molecule has 6 nitrogen and oxygen atoms in total. The Hall–Kier alpha value is -3.38. The number of anilines is 1. The molecule has 5 rings (SSSR count). The van der Waals surface area contributed by atoms with E-state index < -0.39 is 6.04 Å². The van der Waals surface area contributed by atoms with Gasteiger partial charge in [-0.2, -0.15) is 0 Å². The van der Waals surface area contributed by atoms with E-state index in [9.17, 15) is 14.4 Å². The molecule has 2 aromatic carbocycles. The van der Waals surface area contributed by atoms with E-state index in [0.29, 0.717) is 48.0 Å². The van der Waals surface area contributed by atoms with Crippen molar-refractivity contribution in [2.75, 3.05) is 18.0 Å². The molecule has 2 aromatic rings. The zero-order valence-corrected chi connectivity index (χ0v) is 19.1. The van der Waals surface area contributed by atoms with Gasteiger partial charge in [-0.3, -0.25) is 14.4 Å². The number of nitrogens with zero attached hydrogens (tertiary/aromatic N) is 2. The van der Waals surface area contributed by atoms with Crippen LogP contribution in [0.25, 0.3) is 6.08 Å². The van der Waals surface area contributed by atoms with Gasteiger partial charge in [-0.25, -0.2) is 4.90 Å². The fourth-order valence-electron chi connectivity index (χ4n) is 4.73. The number of carbonyl (C=O) groups excluding carboxylic acids is 3. The minimum Gasteiger partial charge on any atom is -0.370 e. The molecule has 1 unspecified atom stereocenters. The number of rotatable bonds is 3. The molecule has 3 fully saturated rings. The van der Waals surface area contributed by atoms with Gasteiger partial charge in [0.2, 0.25) is 5.91 Å². The van der Waals surface area contributed by atoms with Gasteiger partial charge in [0.25, 0.3) is 5.91 Å². The predicted molar refractivity (Wildman–Crippen MR) is 127 cm³/mol. The molecule has 3 aliphatic rings. The Morgan fingerprint density at radius 2 is 1.73 bits per heavy atom. The van der Waals surface area contributed by atoms with Crippen molar-refractivity contribution in [3.63, 3.8) is 0 Å². The summed E-state index contributed by atoms with van der Waals surface area (Å²) < 4.78 is 0. The molecule has 7 heteroatoms. The van der Waals surface area contributed by atoms with Gasteiger partial charge < -0.3 is 10.2 Å². The molecule has 0 spiro atoms. The maximum atomic E-state index is 13.3. The van der Waals surface area contributed by atoms with Crippen molar-refractivity contribution in [3.05, 3.63) is 81.6 Å². The number of carbonyl (C=O) groups is 3. The van der Waals surface area contributed by atoms with E-state index in [1.807, 2.05) is 42.2 Å². The molecule has 1 N–H and O–H groups in total. The Balaban J connectivity index is 1.40. The van der Waals surface area contributed by atoms with Crippen molar-refractivity contribution >= 4 is 41.0 Å². The van der Waals surface area contributed by atoms with Crippen molar-refractivity contribution in [2.45, 2.75) is 32.2 Å². The molecule has 2 amide bonds. The van der Waals surface area contributed by atoms with Crippen LogP contribution in [-0.2, 0) is 14.4 Å². The van der Waals surface area contributed by atoms with E-state index in [4.69, 9.17) is 11.6 Å². The minimum atomic E-state index is -0.603. The van der Waals surface area contributed by atoms with Crippen LogP contribution in [0.3, 0.4) is 0 Å². The van der Waals surface area contributed by atoms with E-state index in [-0.39, 0.29) is 24.0 Å². The van der Waals surface area contributed by atoms with E-state index in [1.54, 1.807) is 24.3 Å². The van der Waals surface area contributed by atoms with Gasteiger partial charge in [0.15, 0.2) is 5.78 Å². The molecule has 0 aromatic heterocycles. The highest BCUT2D eigenvalue weighted by atomic mass is 35.5. The summed E-state index contributed by atoms with van der Waals surface area (Å²) in [5.74, 6) is 0.224. The molecule has 1 atom stereocenters. The number of hydrogen-bond acceptors (Lipinski definition) is 5. The maximum Gasteiger partial charge on any atom is 0.257 e. The van der Waals surface area contributed by atoms with Crippen LogP contribution in [0.15, 0.2) is 65.5 Å². The zero-order chi connectivity index (χ0) is 23.1. The number of halogens is 1. The number of allylic oxidation sites excluding steroid dienone is 2. The molecular formula is C26H24ClN3O3. The standard InChI is InChI=1S/C26H24ClN3O3/c1-16-2-9-20(10-3-16)30-23(31)15-22(26(30)33)29-13-12-28-25(29)21-11-6-18(24(21)32)14-17-4-7-19(27)8-5-17/h2-5,7-10,14,22,28H,6,11-13,15H2,1H3. The lowest BCUT2D eigenvalue weighted by atomic mass is 10.1. The van der Waals surface area contributed by atoms with Crippen molar-refractivity contribution in [1.82, 2.24) is 10.2 Å². The van der Waals surface area contributed by atoms with E-state index in [2.05, 4.69) is 5.32 Å². The molecule has 0 bridgehead atoms. The van der Waals surface area contributed by atoms with Crippen LogP contribution < -0.4 is 10.2 Å². The second-order valence-corrected chi connectivity index (χ2v) is 9.06. The topological polar surface area (TPSA) is 69.7 Å². The summed E-state index contributed by atoms with van der Waals surface area (Å²) in [5.41, 5.74) is 4.00. The van der Waals surface area contributed by atoms with Crippen LogP contribution in [0.5, 0.6) is 0 Å². The molecular weight excluding hydrogens is 438 g/mol. The van der Waals surface area contributed by atoms with E-state index in [0.717, 1.165) is 16.7 Å². The smallest absolute Gasteiger partial charge is 0.257 e. The summed E-state index contributed by atoms with van der Waals surface area (Å²) in [6.07, 6.45) is 3.25. The lowest BCUT2D eigenvalue weighted by Gasteiger charge is -2.26. The van der Waals surface area contributed by atoms with Crippen LogP contribution in [-0.4, -0.2) is 41.6 Å². The Kier molecular flexibility index (Phi) is 5.54. The zero-order valence-electron chi connectivity index (χ0n) is 18.3. The summed E-state index contributed by atoms with van der Waals surface area (Å²) in [4.78, 5) is 42.4. The lowest BCUT2D eigenvalue weighted by Crippen LogP contribution is -2.41. The number of nitrogens with one attached hydrogen (secondary N) is 1. The Morgan fingerprint density at radius 3 is 2.45 bits per heavy atom. The molecule has 2 saturated heterocycles. The second kappa shape index (κ2) is 8.52. The van der Waals surface area contributed by atoms with Crippen molar-refractivity contribution in [1.29, 1.82) is 0 Å². The highest BCUT2D eigenvalue weighted by Gasteiger charge is 2.45. The van der Waals surface area contributed by atoms with Crippen LogP contribution in [0, 0.1) is 6.92 Å². The summed E-state index contributed by atoms with van der Waals surface area (Å²) >= 11 is 5.96. The average Bonchev–Trinajstić information content (AvgIpc) is 3.49. The van der Waals surface area contributed by atoms with Crippen LogP contribution >= 0.6 is 11.6 Å². The largest absolute Gasteiger partial charge is 0.370 e. The van der Waals surface area contributed by atoms with Crippen LogP contribution in [0.2, 0.25) is 5.02 Å². The van der Waals surface area contributed by atoms with Crippen LogP contribution in [0.4, 0.5) is 5.69 Å². The summed E-state index contributed by atoms with van der Waals surface area (Å²) in [5, 5.41) is 3.96. The lowest BCUT2D eigenvalue weighted by molar-refractivity contribution is -0.122. The van der Waals surface area contributed by atoms with E-state index in [1.165, 1.54) is 4.90 Å². The first kappa shape index (κ1) is 21.5. The van der Waals surface area contributed by atoms with Gasteiger partial charge in [-0.15, -0.1) is 0 Å².